The van der Waals surface area contributed by atoms with Crippen LogP contribution in [0.5, 0.6) is 0 Å². The van der Waals surface area contributed by atoms with E-state index < -0.39 is 0 Å². The standard InChI is InChI=1S/C22H20Cl2N2O/c1-26(15-16-8-3-2-4-9-16)21(27)14-17-10-5-6-13-20(17)25-22-18(23)11-7-12-19(22)24/h2-13,25H,14-15H2,1H3. The highest BCUT2D eigenvalue weighted by Gasteiger charge is 2.14. The van der Waals surface area contributed by atoms with E-state index in [1.165, 1.54) is 0 Å². The maximum Gasteiger partial charge on any atom is 0.227 e. The summed E-state index contributed by atoms with van der Waals surface area (Å²) in [6.07, 6.45) is 0.286. The van der Waals surface area contributed by atoms with E-state index in [9.17, 15) is 4.79 Å². The molecule has 1 N–H and O–H groups in total. The third kappa shape index (κ3) is 5.03. The van der Waals surface area contributed by atoms with Crippen LogP contribution >= 0.6 is 23.2 Å². The monoisotopic (exact) mass is 398 g/mol. The number of likely N-dealkylation sites (N-methyl/N-ethyl adjacent to an activating group) is 1. The summed E-state index contributed by atoms with van der Waals surface area (Å²) >= 11 is 12.5. The highest BCUT2D eigenvalue weighted by atomic mass is 35.5. The zero-order chi connectivity index (χ0) is 19.2. The van der Waals surface area contributed by atoms with Crippen LogP contribution in [-0.2, 0) is 17.8 Å². The molecule has 0 aliphatic rings. The molecule has 0 spiro atoms. The molecular weight excluding hydrogens is 379 g/mol. The lowest BCUT2D eigenvalue weighted by Crippen LogP contribution is -2.27. The zero-order valence-corrected chi connectivity index (χ0v) is 16.5. The van der Waals surface area contributed by atoms with Gasteiger partial charge in [0.2, 0.25) is 5.91 Å². The number of anilines is 2. The van der Waals surface area contributed by atoms with Crippen molar-refractivity contribution < 1.29 is 4.79 Å². The van der Waals surface area contributed by atoms with Crippen molar-refractivity contribution in [2.45, 2.75) is 13.0 Å². The lowest BCUT2D eigenvalue weighted by Gasteiger charge is -2.19. The van der Waals surface area contributed by atoms with Gasteiger partial charge in [0, 0.05) is 19.3 Å². The molecule has 0 aliphatic heterocycles. The van der Waals surface area contributed by atoms with Gasteiger partial charge in [0.15, 0.2) is 0 Å². The molecule has 0 saturated carbocycles. The zero-order valence-electron chi connectivity index (χ0n) is 15.0. The van der Waals surface area contributed by atoms with E-state index in [2.05, 4.69) is 5.32 Å². The van der Waals surface area contributed by atoms with E-state index in [4.69, 9.17) is 23.2 Å². The van der Waals surface area contributed by atoms with Gasteiger partial charge in [-0.1, -0.05) is 77.8 Å². The van der Waals surface area contributed by atoms with E-state index in [1.807, 2.05) is 61.6 Å². The van der Waals surface area contributed by atoms with Gasteiger partial charge in [-0.25, -0.2) is 0 Å². The quantitative estimate of drug-likeness (QED) is 0.557. The second kappa shape index (κ2) is 8.94. The predicted molar refractivity (Wildman–Crippen MR) is 113 cm³/mol. The van der Waals surface area contributed by atoms with Gasteiger partial charge in [0.05, 0.1) is 22.2 Å². The molecule has 0 bridgehead atoms. The van der Waals surface area contributed by atoms with Crippen LogP contribution < -0.4 is 5.32 Å². The predicted octanol–water partition coefficient (Wildman–Crippen LogP) is 5.94. The molecule has 0 saturated heterocycles. The van der Waals surface area contributed by atoms with Crippen molar-refractivity contribution in [3.8, 4) is 0 Å². The molecule has 3 aromatic rings. The Morgan fingerprint density at radius 3 is 2.22 bits per heavy atom. The second-order valence-corrected chi connectivity index (χ2v) is 7.11. The minimum atomic E-state index is 0.0401. The number of rotatable bonds is 6. The number of amides is 1. The molecule has 0 heterocycles. The Labute approximate surface area is 169 Å². The van der Waals surface area contributed by atoms with Crippen LogP contribution in [-0.4, -0.2) is 17.9 Å². The fraction of sp³-hybridized carbons (Fsp3) is 0.136. The SMILES string of the molecule is CN(Cc1ccccc1)C(=O)Cc1ccccc1Nc1c(Cl)cccc1Cl. The molecule has 0 aromatic heterocycles. The summed E-state index contributed by atoms with van der Waals surface area (Å²) in [6.45, 7) is 0.575. The fourth-order valence-electron chi connectivity index (χ4n) is 2.79. The Hall–Kier alpha value is -2.49. The van der Waals surface area contributed by atoms with Gasteiger partial charge in [0.25, 0.3) is 0 Å². The smallest absolute Gasteiger partial charge is 0.227 e. The Balaban J connectivity index is 1.75. The lowest BCUT2D eigenvalue weighted by molar-refractivity contribution is -0.129. The molecule has 138 valence electrons. The first-order chi connectivity index (χ1) is 13.0. The molecular formula is C22H20Cl2N2O. The third-order valence-corrected chi connectivity index (χ3v) is 4.90. The van der Waals surface area contributed by atoms with Crippen molar-refractivity contribution in [2.75, 3.05) is 12.4 Å². The van der Waals surface area contributed by atoms with Gasteiger partial charge in [-0.15, -0.1) is 0 Å². The molecule has 0 radical (unpaired) electrons. The molecule has 27 heavy (non-hydrogen) atoms. The van der Waals surface area contributed by atoms with E-state index in [1.54, 1.807) is 23.1 Å². The van der Waals surface area contributed by atoms with Crippen molar-refractivity contribution >= 4 is 40.5 Å². The van der Waals surface area contributed by atoms with Crippen LogP contribution in [0.25, 0.3) is 0 Å². The summed E-state index contributed by atoms with van der Waals surface area (Å²) in [7, 11) is 1.82. The lowest BCUT2D eigenvalue weighted by atomic mass is 10.1. The summed E-state index contributed by atoms with van der Waals surface area (Å²) in [5.74, 6) is 0.0401. The minimum Gasteiger partial charge on any atom is -0.353 e. The largest absolute Gasteiger partial charge is 0.353 e. The van der Waals surface area contributed by atoms with E-state index in [0.29, 0.717) is 22.3 Å². The number of nitrogens with zero attached hydrogens (tertiary/aromatic N) is 1. The molecule has 0 atom stereocenters. The molecule has 3 aromatic carbocycles. The van der Waals surface area contributed by atoms with Crippen LogP contribution in [0.15, 0.2) is 72.8 Å². The van der Waals surface area contributed by atoms with Crippen molar-refractivity contribution in [2.24, 2.45) is 0 Å². The number of halogens is 2. The van der Waals surface area contributed by atoms with E-state index in [-0.39, 0.29) is 12.3 Å². The first kappa shape index (κ1) is 19.3. The summed E-state index contributed by atoms with van der Waals surface area (Å²) in [5.41, 5.74) is 3.44. The Morgan fingerprint density at radius 1 is 0.889 bits per heavy atom. The summed E-state index contributed by atoms with van der Waals surface area (Å²) in [6, 6.07) is 23.0. The number of carbonyl (C=O) groups is 1. The molecule has 0 aliphatic carbocycles. The Kier molecular flexibility index (Phi) is 6.38. The summed E-state index contributed by atoms with van der Waals surface area (Å²) in [4.78, 5) is 14.4. The number of hydrogen-bond donors (Lipinski definition) is 1. The van der Waals surface area contributed by atoms with Crippen LogP contribution in [0.3, 0.4) is 0 Å². The average molecular weight is 399 g/mol. The number of para-hydroxylation sites is 2. The van der Waals surface area contributed by atoms with Crippen molar-refractivity contribution in [1.82, 2.24) is 4.90 Å². The Bertz CT molecular complexity index is 908. The van der Waals surface area contributed by atoms with Gasteiger partial charge in [-0.2, -0.15) is 0 Å². The van der Waals surface area contributed by atoms with Crippen LogP contribution in [0, 0.1) is 0 Å². The first-order valence-electron chi connectivity index (χ1n) is 8.61. The maximum atomic E-state index is 12.7. The van der Waals surface area contributed by atoms with Gasteiger partial charge in [-0.05, 0) is 29.3 Å². The van der Waals surface area contributed by atoms with E-state index >= 15 is 0 Å². The molecule has 1 amide bonds. The van der Waals surface area contributed by atoms with Crippen molar-refractivity contribution in [3.05, 3.63) is 94.0 Å². The summed E-state index contributed by atoms with van der Waals surface area (Å²) in [5, 5.41) is 4.33. The number of benzene rings is 3. The van der Waals surface area contributed by atoms with Crippen LogP contribution in [0.2, 0.25) is 10.0 Å². The van der Waals surface area contributed by atoms with Crippen LogP contribution in [0.4, 0.5) is 11.4 Å². The average Bonchev–Trinajstić information content (AvgIpc) is 2.67. The third-order valence-electron chi connectivity index (χ3n) is 4.27. The molecule has 3 nitrogen and oxygen atoms in total. The van der Waals surface area contributed by atoms with Gasteiger partial charge >= 0.3 is 0 Å². The molecule has 0 unspecified atom stereocenters. The first-order valence-corrected chi connectivity index (χ1v) is 9.37. The highest BCUT2D eigenvalue weighted by Crippen LogP contribution is 2.33. The number of hydrogen-bond acceptors (Lipinski definition) is 2. The summed E-state index contributed by atoms with van der Waals surface area (Å²) < 4.78 is 0. The van der Waals surface area contributed by atoms with Gasteiger partial charge in [0.1, 0.15) is 0 Å². The highest BCUT2D eigenvalue weighted by molar-refractivity contribution is 6.39. The topological polar surface area (TPSA) is 32.3 Å². The van der Waals surface area contributed by atoms with Crippen molar-refractivity contribution in [3.63, 3.8) is 0 Å². The van der Waals surface area contributed by atoms with Crippen LogP contribution in [0.1, 0.15) is 11.1 Å². The van der Waals surface area contributed by atoms with Gasteiger partial charge in [-0.3, -0.25) is 4.79 Å². The van der Waals surface area contributed by atoms with E-state index in [0.717, 1.165) is 16.8 Å². The Morgan fingerprint density at radius 2 is 1.52 bits per heavy atom. The fourth-order valence-corrected chi connectivity index (χ4v) is 3.28. The minimum absolute atomic E-state index is 0.0401. The number of carbonyl (C=O) groups excluding carboxylic acids is 1. The second-order valence-electron chi connectivity index (χ2n) is 6.29. The van der Waals surface area contributed by atoms with Gasteiger partial charge < -0.3 is 10.2 Å². The molecule has 3 rings (SSSR count). The normalized spacial score (nSPS) is 10.5. The molecule has 0 fully saturated rings. The maximum absolute atomic E-state index is 12.7. The molecule has 5 heteroatoms. The number of nitrogens with one attached hydrogen (secondary N) is 1. The van der Waals surface area contributed by atoms with Crippen molar-refractivity contribution in [1.29, 1.82) is 0 Å².